The second-order valence-electron chi connectivity index (χ2n) is 8.28. The van der Waals surface area contributed by atoms with E-state index in [0.717, 1.165) is 34.9 Å². The molecule has 4 aromatic rings. The Morgan fingerprint density at radius 2 is 2.10 bits per heavy atom. The van der Waals surface area contributed by atoms with Gasteiger partial charge in [-0.3, -0.25) is 4.79 Å². The monoisotopic (exact) mass is 418 g/mol. The molecule has 1 aliphatic rings. The highest BCUT2D eigenvalue weighted by atomic mass is 19.1. The Bertz CT molecular complexity index is 1280. The van der Waals surface area contributed by atoms with Crippen LogP contribution in [-0.2, 0) is 0 Å². The number of aryl methyl sites for hydroxylation is 2. The zero-order valence-corrected chi connectivity index (χ0v) is 17.5. The van der Waals surface area contributed by atoms with Crippen molar-refractivity contribution in [3.05, 3.63) is 71.0 Å². The van der Waals surface area contributed by atoms with E-state index < -0.39 is 0 Å². The summed E-state index contributed by atoms with van der Waals surface area (Å²) in [5.41, 5.74) is 4.45. The SMILES string of the molecule is Cc1cc(C)c2cc(C(=O)N3CCCC(c4nc(-c5cccc(F)c5)no4)C3)[nH]c2c1. The summed E-state index contributed by atoms with van der Waals surface area (Å²) in [4.78, 5) is 22.8. The van der Waals surface area contributed by atoms with Gasteiger partial charge in [-0.2, -0.15) is 4.98 Å². The van der Waals surface area contributed by atoms with Crippen LogP contribution in [0.5, 0.6) is 0 Å². The van der Waals surface area contributed by atoms with Gasteiger partial charge in [0.1, 0.15) is 11.5 Å². The van der Waals surface area contributed by atoms with Crippen LogP contribution in [-0.4, -0.2) is 39.0 Å². The van der Waals surface area contributed by atoms with Gasteiger partial charge in [-0.1, -0.05) is 23.4 Å². The predicted molar refractivity (Wildman–Crippen MR) is 115 cm³/mol. The molecule has 2 aromatic heterocycles. The van der Waals surface area contributed by atoms with Crippen molar-refractivity contribution in [3.8, 4) is 11.4 Å². The van der Waals surface area contributed by atoms with Gasteiger partial charge < -0.3 is 14.4 Å². The predicted octanol–water partition coefficient (Wildman–Crippen LogP) is 4.99. The Labute approximate surface area is 179 Å². The molecular formula is C24H23FN4O2. The fraction of sp³-hybridized carbons (Fsp3) is 0.292. The number of H-pyrrole nitrogens is 1. The van der Waals surface area contributed by atoms with E-state index >= 15 is 0 Å². The van der Waals surface area contributed by atoms with Gasteiger partial charge in [0.2, 0.25) is 11.7 Å². The van der Waals surface area contributed by atoms with Crippen LogP contribution in [0.25, 0.3) is 22.3 Å². The third-order valence-electron chi connectivity index (χ3n) is 5.90. The third kappa shape index (κ3) is 3.71. The fourth-order valence-electron chi connectivity index (χ4n) is 4.39. The Morgan fingerprint density at radius 1 is 1.23 bits per heavy atom. The number of fused-ring (bicyclic) bond motifs is 1. The first-order valence-corrected chi connectivity index (χ1v) is 10.5. The van der Waals surface area contributed by atoms with E-state index in [1.165, 1.54) is 12.1 Å². The number of benzene rings is 2. The normalized spacial score (nSPS) is 16.7. The van der Waals surface area contributed by atoms with Crippen LogP contribution in [0.1, 0.15) is 46.3 Å². The van der Waals surface area contributed by atoms with E-state index in [4.69, 9.17) is 4.52 Å². The van der Waals surface area contributed by atoms with Crippen LogP contribution in [0, 0.1) is 19.7 Å². The molecule has 1 saturated heterocycles. The number of halogens is 1. The summed E-state index contributed by atoms with van der Waals surface area (Å²) in [6, 6.07) is 12.2. The van der Waals surface area contributed by atoms with Gasteiger partial charge in [-0.15, -0.1) is 0 Å². The molecule has 7 heteroatoms. The van der Waals surface area contributed by atoms with Crippen LogP contribution >= 0.6 is 0 Å². The van der Waals surface area contributed by atoms with Crippen molar-refractivity contribution in [1.29, 1.82) is 0 Å². The van der Waals surface area contributed by atoms with Crippen LogP contribution in [0.4, 0.5) is 4.39 Å². The molecule has 0 spiro atoms. The number of amides is 1. The molecule has 6 nitrogen and oxygen atoms in total. The lowest BCUT2D eigenvalue weighted by molar-refractivity contribution is 0.0690. The van der Waals surface area contributed by atoms with Crippen molar-refractivity contribution in [2.75, 3.05) is 13.1 Å². The molecular weight excluding hydrogens is 395 g/mol. The van der Waals surface area contributed by atoms with E-state index in [9.17, 15) is 9.18 Å². The lowest BCUT2D eigenvalue weighted by Crippen LogP contribution is -2.39. The molecule has 1 atom stereocenters. The maximum atomic E-state index is 13.5. The first-order valence-electron chi connectivity index (χ1n) is 10.5. The standard InChI is InChI=1S/C24H23FN4O2/c1-14-9-15(2)19-12-21(26-20(19)10-14)24(30)29-8-4-6-17(13-29)23-27-22(28-31-23)16-5-3-7-18(25)11-16/h3,5,7,9-12,17,26H,4,6,8,13H2,1-2H3. The number of nitrogens with one attached hydrogen (secondary N) is 1. The van der Waals surface area contributed by atoms with Crippen molar-refractivity contribution >= 4 is 16.8 Å². The van der Waals surface area contributed by atoms with Gasteiger partial charge in [0, 0.05) is 29.6 Å². The van der Waals surface area contributed by atoms with Crippen LogP contribution < -0.4 is 0 Å². The van der Waals surface area contributed by atoms with Crippen molar-refractivity contribution in [1.82, 2.24) is 20.0 Å². The second-order valence-corrected chi connectivity index (χ2v) is 8.28. The number of carbonyl (C=O) groups excluding carboxylic acids is 1. The van der Waals surface area contributed by atoms with Gasteiger partial charge >= 0.3 is 0 Å². The molecule has 0 radical (unpaired) electrons. The first kappa shape index (κ1) is 19.5. The molecule has 1 fully saturated rings. The molecule has 1 aliphatic heterocycles. The van der Waals surface area contributed by atoms with Crippen molar-refractivity contribution < 1.29 is 13.7 Å². The lowest BCUT2D eigenvalue weighted by atomic mass is 9.97. The minimum absolute atomic E-state index is 0.0252. The zero-order chi connectivity index (χ0) is 21.5. The molecule has 1 N–H and O–H groups in total. The van der Waals surface area contributed by atoms with Gasteiger partial charge in [-0.05, 0) is 62.1 Å². The van der Waals surface area contributed by atoms with E-state index in [0.29, 0.717) is 36.1 Å². The zero-order valence-electron chi connectivity index (χ0n) is 17.5. The van der Waals surface area contributed by atoms with Crippen LogP contribution in [0.2, 0.25) is 0 Å². The number of aromatic amines is 1. The number of aromatic nitrogens is 3. The lowest BCUT2D eigenvalue weighted by Gasteiger charge is -2.30. The highest BCUT2D eigenvalue weighted by Gasteiger charge is 2.30. The molecule has 0 bridgehead atoms. The van der Waals surface area contributed by atoms with Gasteiger partial charge in [-0.25, -0.2) is 4.39 Å². The number of nitrogens with zero attached hydrogens (tertiary/aromatic N) is 3. The summed E-state index contributed by atoms with van der Waals surface area (Å²) < 4.78 is 19.0. The van der Waals surface area contributed by atoms with Crippen molar-refractivity contribution in [3.63, 3.8) is 0 Å². The molecule has 1 unspecified atom stereocenters. The van der Waals surface area contributed by atoms with Gasteiger partial charge in [0.25, 0.3) is 5.91 Å². The minimum atomic E-state index is -0.345. The van der Waals surface area contributed by atoms with Gasteiger partial charge in [0.15, 0.2) is 0 Å². The molecule has 31 heavy (non-hydrogen) atoms. The Hall–Kier alpha value is -3.48. The van der Waals surface area contributed by atoms with E-state index in [1.54, 1.807) is 12.1 Å². The van der Waals surface area contributed by atoms with Crippen LogP contribution in [0.3, 0.4) is 0 Å². The number of piperidine rings is 1. The summed E-state index contributed by atoms with van der Waals surface area (Å²) in [5, 5.41) is 5.08. The van der Waals surface area contributed by atoms with E-state index in [1.807, 2.05) is 17.9 Å². The average molecular weight is 418 g/mol. The maximum Gasteiger partial charge on any atom is 0.270 e. The number of rotatable bonds is 3. The average Bonchev–Trinajstić information content (AvgIpc) is 3.41. The van der Waals surface area contributed by atoms with Crippen molar-refractivity contribution in [2.24, 2.45) is 0 Å². The fourth-order valence-corrected chi connectivity index (χ4v) is 4.39. The van der Waals surface area contributed by atoms with Crippen molar-refractivity contribution in [2.45, 2.75) is 32.6 Å². The smallest absolute Gasteiger partial charge is 0.270 e. The van der Waals surface area contributed by atoms with E-state index in [-0.39, 0.29) is 17.6 Å². The molecule has 158 valence electrons. The number of hydrogen-bond acceptors (Lipinski definition) is 4. The first-order chi connectivity index (χ1) is 15.0. The molecule has 0 saturated carbocycles. The highest BCUT2D eigenvalue weighted by molar-refractivity contribution is 5.99. The molecule has 5 rings (SSSR count). The summed E-state index contributed by atoms with van der Waals surface area (Å²) in [5.74, 6) is 0.435. The highest BCUT2D eigenvalue weighted by Crippen LogP contribution is 2.29. The Kier molecular flexibility index (Phi) is 4.81. The molecule has 1 amide bonds. The largest absolute Gasteiger partial charge is 0.351 e. The van der Waals surface area contributed by atoms with Gasteiger partial charge in [0.05, 0.1) is 5.92 Å². The molecule has 3 heterocycles. The Balaban J connectivity index is 1.36. The molecule has 0 aliphatic carbocycles. The summed E-state index contributed by atoms with van der Waals surface area (Å²) in [7, 11) is 0. The van der Waals surface area contributed by atoms with E-state index in [2.05, 4.69) is 34.2 Å². The summed E-state index contributed by atoms with van der Waals surface area (Å²) in [6.07, 6.45) is 1.71. The number of likely N-dealkylation sites (tertiary alicyclic amines) is 1. The van der Waals surface area contributed by atoms with Crippen LogP contribution in [0.15, 0.2) is 47.0 Å². The summed E-state index contributed by atoms with van der Waals surface area (Å²) in [6.45, 7) is 5.30. The number of carbonyl (C=O) groups is 1. The minimum Gasteiger partial charge on any atom is -0.351 e. The third-order valence-corrected chi connectivity index (χ3v) is 5.90. The number of hydrogen-bond donors (Lipinski definition) is 1. The Morgan fingerprint density at radius 3 is 2.94 bits per heavy atom. The quantitative estimate of drug-likeness (QED) is 0.508. The maximum absolute atomic E-state index is 13.5. The molecule has 2 aromatic carbocycles. The summed E-state index contributed by atoms with van der Waals surface area (Å²) >= 11 is 0. The topological polar surface area (TPSA) is 75.0 Å². The second kappa shape index (κ2) is 7.65.